The average molecular weight is 324 g/mol. The van der Waals surface area contributed by atoms with Crippen LogP contribution in [0.3, 0.4) is 0 Å². The summed E-state index contributed by atoms with van der Waals surface area (Å²) in [7, 11) is 1.68. The Hall–Kier alpha value is -2.62. The number of methoxy groups -OCH3 is 1. The predicted molar refractivity (Wildman–Crippen MR) is 94.6 cm³/mol. The van der Waals surface area contributed by atoms with Crippen LogP contribution in [0.4, 0.5) is 0 Å². The maximum absolute atomic E-state index is 6.00. The summed E-state index contributed by atoms with van der Waals surface area (Å²) in [6.07, 6.45) is 0.0801. The number of rotatable bonds is 3. The maximum Gasteiger partial charge on any atom is 0.231 e. The number of fused-ring (bicyclic) bond motifs is 4. The Morgan fingerprint density at radius 1 is 0.958 bits per heavy atom. The monoisotopic (exact) mass is 324 g/mol. The number of aryl methyl sites for hydroxylation is 1. The van der Waals surface area contributed by atoms with Gasteiger partial charge in [0.25, 0.3) is 0 Å². The van der Waals surface area contributed by atoms with Crippen molar-refractivity contribution >= 4 is 21.5 Å². The Labute approximate surface area is 140 Å². The zero-order chi connectivity index (χ0) is 16.8. The van der Waals surface area contributed by atoms with Gasteiger partial charge >= 0.3 is 0 Å². The van der Waals surface area contributed by atoms with E-state index in [0.29, 0.717) is 0 Å². The molecule has 0 aliphatic carbocycles. The van der Waals surface area contributed by atoms with Crippen molar-refractivity contribution in [3.8, 4) is 23.0 Å². The zero-order valence-corrected chi connectivity index (χ0v) is 14.3. The van der Waals surface area contributed by atoms with Crippen LogP contribution in [0.5, 0.6) is 23.0 Å². The highest BCUT2D eigenvalue weighted by Crippen LogP contribution is 2.45. The van der Waals surface area contributed by atoms with E-state index in [0.717, 1.165) is 50.1 Å². The van der Waals surface area contributed by atoms with Crippen LogP contribution >= 0.6 is 0 Å². The standard InChI is InChI=1S/C20H20O4/c1-11(2)24-18-12(3)7-14-8-13-5-6-17-19(23-10-22-17)15(13)9-16(14)20(18)21-4/h5-9,11H,10H2,1-4H3. The molecule has 4 nitrogen and oxygen atoms in total. The molecule has 0 saturated carbocycles. The molecule has 1 heterocycles. The molecule has 1 aliphatic rings. The van der Waals surface area contributed by atoms with E-state index in [-0.39, 0.29) is 12.9 Å². The molecule has 3 aromatic rings. The van der Waals surface area contributed by atoms with Crippen molar-refractivity contribution in [1.82, 2.24) is 0 Å². The van der Waals surface area contributed by atoms with Crippen LogP contribution in [-0.4, -0.2) is 20.0 Å². The van der Waals surface area contributed by atoms with E-state index < -0.39 is 0 Å². The van der Waals surface area contributed by atoms with Gasteiger partial charge in [-0.3, -0.25) is 0 Å². The lowest BCUT2D eigenvalue weighted by atomic mass is 9.99. The van der Waals surface area contributed by atoms with Crippen LogP contribution in [0.2, 0.25) is 0 Å². The first kappa shape index (κ1) is 14.9. The van der Waals surface area contributed by atoms with E-state index in [2.05, 4.69) is 24.3 Å². The highest BCUT2D eigenvalue weighted by Gasteiger charge is 2.20. The maximum atomic E-state index is 6.00. The van der Waals surface area contributed by atoms with Crippen molar-refractivity contribution < 1.29 is 18.9 Å². The minimum absolute atomic E-state index is 0.0801. The molecule has 4 heteroatoms. The molecule has 0 spiro atoms. The molecule has 0 fully saturated rings. The van der Waals surface area contributed by atoms with Gasteiger partial charge in [-0.25, -0.2) is 0 Å². The first-order valence-electron chi connectivity index (χ1n) is 8.09. The number of hydrogen-bond acceptors (Lipinski definition) is 4. The minimum Gasteiger partial charge on any atom is -0.492 e. The number of hydrogen-bond donors (Lipinski definition) is 0. The molecule has 0 atom stereocenters. The fraction of sp³-hybridized carbons (Fsp3) is 0.300. The minimum atomic E-state index is 0.0801. The van der Waals surface area contributed by atoms with Gasteiger partial charge in [-0.15, -0.1) is 0 Å². The van der Waals surface area contributed by atoms with Gasteiger partial charge in [0.05, 0.1) is 13.2 Å². The van der Waals surface area contributed by atoms with Crippen molar-refractivity contribution in [2.45, 2.75) is 26.9 Å². The average Bonchev–Trinajstić information content (AvgIpc) is 3.02. The van der Waals surface area contributed by atoms with Crippen molar-refractivity contribution in [2.24, 2.45) is 0 Å². The molecule has 0 unspecified atom stereocenters. The third kappa shape index (κ3) is 2.21. The summed E-state index contributed by atoms with van der Waals surface area (Å²) in [6, 6.07) is 10.4. The summed E-state index contributed by atoms with van der Waals surface area (Å²) in [6.45, 7) is 6.34. The topological polar surface area (TPSA) is 36.9 Å². The van der Waals surface area contributed by atoms with Gasteiger partial charge in [0.1, 0.15) is 0 Å². The summed E-state index contributed by atoms with van der Waals surface area (Å²) >= 11 is 0. The normalized spacial score (nSPS) is 13.0. The number of benzene rings is 3. The van der Waals surface area contributed by atoms with E-state index >= 15 is 0 Å². The lowest BCUT2D eigenvalue weighted by Gasteiger charge is -2.18. The van der Waals surface area contributed by atoms with Crippen LogP contribution in [0.25, 0.3) is 21.5 Å². The fourth-order valence-electron chi connectivity index (χ4n) is 3.26. The first-order chi connectivity index (χ1) is 11.6. The Morgan fingerprint density at radius 2 is 1.79 bits per heavy atom. The molecule has 3 aromatic carbocycles. The van der Waals surface area contributed by atoms with Crippen molar-refractivity contribution in [3.05, 3.63) is 35.9 Å². The largest absolute Gasteiger partial charge is 0.492 e. The zero-order valence-electron chi connectivity index (χ0n) is 14.3. The van der Waals surface area contributed by atoms with Gasteiger partial charge in [0.15, 0.2) is 23.0 Å². The molecule has 124 valence electrons. The smallest absolute Gasteiger partial charge is 0.231 e. The molecule has 0 bridgehead atoms. The molecule has 0 amide bonds. The van der Waals surface area contributed by atoms with Crippen molar-refractivity contribution in [2.75, 3.05) is 13.9 Å². The number of ether oxygens (including phenoxy) is 4. The summed E-state index contributed by atoms with van der Waals surface area (Å²) < 4.78 is 22.9. The molecule has 0 saturated heterocycles. The fourth-order valence-corrected chi connectivity index (χ4v) is 3.26. The molecule has 0 aromatic heterocycles. The van der Waals surface area contributed by atoms with Gasteiger partial charge in [-0.2, -0.15) is 0 Å². The molecule has 1 aliphatic heterocycles. The first-order valence-corrected chi connectivity index (χ1v) is 8.09. The molecule has 4 rings (SSSR count). The van der Waals surface area contributed by atoms with Gasteiger partial charge in [-0.1, -0.05) is 6.07 Å². The molecule has 0 radical (unpaired) electrons. The van der Waals surface area contributed by atoms with E-state index in [4.69, 9.17) is 18.9 Å². The molecule has 0 N–H and O–H groups in total. The van der Waals surface area contributed by atoms with E-state index in [1.807, 2.05) is 26.8 Å². The predicted octanol–water partition coefficient (Wildman–Crippen LogP) is 4.83. The molecular weight excluding hydrogens is 304 g/mol. The van der Waals surface area contributed by atoms with Gasteiger partial charge in [-0.05, 0) is 61.4 Å². The molecule has 24 heavy (non-hydrogen) atoms. The molecular formula is C20H20O4. The highest BCUT2D eigenvalue weighted by atomic mass is 16.7. The van der Waals surface area contributed by atoms with Crippen LogP contribution in [0.1, 0.15) is 19.4 Å². The van der Waals surface area contributed by atoms with Gasteiger partial charge in [0, 0.05) is 10.8 Å². The highest BCUT2D eigenvalue weighted by molar-refractivity contribution is 6.05. The SMILES string of the molecule is COc1c(OC(C)C)c(C)cc2cc3ccc4c(c3cc12)OCO4. The summed E-state index contributed by atoms with van der Waals surface area (Å²) in [5.74, 6) is 3.14. The van der Waals surface area contributed by atoms with E-state index in [1.54, 1.807) is 7.11 Å². The van der Waals surface area contributed by atoms with E-state index in [1.165, 1.54) is 0 Å². The van der Waals surface area contributed by atoms with Gasteiger partial charge in [0.2, 0.25) is 6.79 Å². The second kappa shape index (κ2) is 5.48. The Balaban J connectivity index is 2.05. The Bertz CT molecular complexity index is 944. The summed E-state index contributed by atoms with van der Waals surface area (Å²) in [4.78, 5) is 0. The lowest BCUT2D eigenvalue weighted by Crippen LogP contribution is -2.08. The summed E-state index contributed by atoms with van der Waals surface area (Å²) in [5, 5.41) is 4.27. The Kier molecular flexibility index (Phi) is 3.41. The quantitative estimate of drug-likeness (QED) is 0.647. The van der Waals surface area contributed by atoms with Crippen LogP contribution in [0, 0.1) is 6.92 Å². The van der Waals surface area contributed by atoms with Gasteiger partial charge < -0.3 is 18.9 Å². The summed E-state index contributed by atoms with van der Waals surface area (Å²) in [5.41, 5.74) is 1.06. The second-order valence-corrected chi connectivity index (χ2v) is 6.32. The van der Waals surface area contributed by atoms with Crippen LogP contribution in [0.15, 0.2) is 30.3 Å². The van der Waals surface area contributed by atoms with Crippen LogP contribution in [-0.2, 0) is 0 Å². The van der Waals surface area contributed by atoms with Crippen molar-refractivity contribution in [1.29, 1.82) is 0 Å². The third-order valence-electron chi connectivity index (χ3n) is 4.26. The Morgan fingerprint density at radius 3 is 2.54 bits per heavy atom. The third-order valence-corrected chi connectivity index (χ3v) is 4.26. The second-order valence-electron chi connectivity index (χ2n) is 6.32. The van der Waals surface area contributed by atoms with Crippen LogP contribution < -0.4 is 18.9 Å². The van der Waals surface area contributed by atoms with E-state index in [9.17, 15) is 0 Å². The lowest BCUT2D eigenvalue weighted by molar-refractivity contribution is 0.175. The van der Waals surface area contributed by atoms with Crippen molar-refractivity contribution in [3.63, 3.8) is 0 Å².